The molecule has 0 bridgehead atoms. The van der Waals surface area contributed by atoms with Gasteiger partial charge in [0.2, 0.25) is 0 Å². The first-order valence-electron chi connectivity index (χ1n) is 11.1. The van der Waals surface area contributed by atoms with E-state index < -0.39 is 0 Å². The van der Waals surface area contributed by atoms with Crippen molar-refractivity contribution in [3.8, 4) is 0 Å². The van der Waals surface area contributed by atoms with Crippen LogP contribution in [0.4, 0.5) is 0 Å². The van der Waals surface area contributed by atoms with Crippen LogP contribution >= 0.6 is 0 Å². The third-order valence-electron chi connectivity index (χ3n) is 2.65. The van der Waals surface area contributed by atoms with E-state index in [0.29, 0.717) is 0 Å². The quantitative estimate of drug-likeness (QED) is 0.241. The molecule has 0 aliphatic heterocycles. The molecule has 31 heavy (non-hydrogen) atoms. The zero-order valence-electron chi connectivity index (χ0n) is 23.2. The Balaban J connectivity index is -0.000000174. The molecule has 0 aliphatic carbocycles. The summed E-state index contributed by atoms with van der Waals surface area (Å²) in [6.45, 7) is 33.0. The summed E-state index contributed by atoms with van der Waals surface area (Å²) in [5.41, 5.74) is 0.0499. The standard InChI is InChI=1S/3C8H17N2.Gd/c3*1-6-9-7(2)10-8(3,4)5;/h3*6H2,1-5H3;/q3*-1;+3. The maximum atomic E-state index is 4.35. The molecule has 0 rings (SSSR count). The number of nitrogens with zero attached hydrogens (tertiary/aromatic N) is 6. The van der Waals surface area contributed by atoms with E-state index in [-0.39, 0.29) is 56.6 Å². The molecule has 6 nitrogen and oxygen atoms in total. The van der Waals surface area contributed by atoms with Crippen LogP contribution in [0.25, 0.3) is 16.0 Å². The monoisotopic (exact) mass is 581 g/mol. The van der Waals surface area contributed by atoms with E-state index in [0.717, 1.165) is 37.1 Å². The number of hydrogen-bond donors (Lipinski definition) is 0. The summed E-state index contributed by atoms with van der Waals surface area (Å²) in [5, 5.41) is 12.5. The maximum absolute atomic E-state index is 4.35. The van der Waals surface area contributed by atoms with Gasteiger partial charge in [-0.3, -0.25) is 0 Å². The summed E-state index contributed by atoms with van der Waals surface area (Å²) in [6.07, 6.45) is 0. The number of rotatable bonds is 3. The average Bonchev–Trinajstić information content (AvgIpc) is 2.43. The molecule has 0 unspecified atom stereocenters. The second-order valence-electron chi connectivity index (χ2n) is 9.91. The van der Waals surface area contributed by atoms with Crippen molar-refractivity contribution in [2.24, 2.45) is 15.0 Å². The Hall–Kier alpha value is -0.265. The number of hydrogen-bond acceptors (Lipinski definition) is 3. The van der Waals surface area contributed by atoms with E-state index in [2.05, 4.69) is 93.2 Å². The topological polar surface area (TPSA) is 79.4 Å². The van der Waals surface area contributed by atoms with Gasteiger partial charge in [-0.05, 0) is 37.4 Å². The zero-order valence-corrected chi connectivity index (χ0v) is 25.4. The van der Waals surface area contributed by atoms with E-state index in [1.165, 1.54) is 0 Å². The molecule has 0 atom stereocenters. The molecular formula is C24H51GdN6. The van der Waals surface area contributed by atoms with E-state index in [1.807, 2.05) is 41.5 Å². The normalized spacial score (nSPS) is 13.1. The molecular weight excluding hydrogens is 530 g/mol. The molecule has 0 heterocycles. The Morgan fingerprint density at radius 1 is 0.484 bits per heavy atom. The van der Waals surface area contributed by atoms with Gasteiger partial charge in [0.1, 0.15) is 0 Å². The molecule has 7 heteroatoms. The molecule has 0 aromatic heterocycles. The van der Waals surface area contributed by atoms with Crippen molar-refractivity contribution in [3.63, 3.8) is 0 Å². The van der Waals surface area contributed by atoms with Crippen LogP contribution in [0.5, 0.6) is 0 Å². The van der Waals surface area contributed by atoms with Gasteiger partial charge < -0.3 is 30.9 Å². The van der Waals surface area contributed by atoms with E-state index in [1.54, 1.807) is 0 Å². The van der Waals surface area contributed by atoms with Crippen molar-refractivity contribution in [2.75, 3.05) is 19.6 Å². The van der Waals surface area contributed by atoms with Crippen LogP contribution in [0.1, 0.15) is 104 Å². The van der Waals surface area contributed by atoms with Gasteiger partial charge >= 0.3 is 39.9 Å². The van der Waals surface area contributed by atoms with Crippen molar-refractivity contribution >= 4 is 17.5 Å². The maximum Gasteiger partial charge on any atom is 3.00 e. The smallest absolute Gasteiger partial charge is 0.470 e. The summed E-state index contributed by atoms with van der Waals surface area (Å²) in [4.78, 5) is 13.0. The van der Waals surface area contributed by atoms with Gasteiger partial charge in [0.05, 0.1) is 0 Å². The molecule has 0 aromatic rings. The van der Waals surface area contributed by atoms with Crippen molar-refractivity contribution in [2.45, 2.75) is 120 Å². The van der Waals surface area contributed by atoms with E-state index >= 15 is 0 Å². The molecule has 0 aliphatic rings. The predicted octanol–water partition coefficient (Wildman–Crippen LogP) is 7.79. The first kappa shape index (κ1) is 38.0. The second kappa shape index (κ2) is 19.2. The van der Waals surface area contributed by atoms with Crippen molar-refractivity contribution in [1.82, 2.24) is 0 Å². The molecule has 185 valence electrons. The fourth-order valence-electron chi connectivity index (χ4n) is 2.25. The minimum absolute atomic E-state index is 0. The third-order valence-corrected chi connectivity index (χ3v) is 2.65. The van der Waals surface area contributed by atoms with Crippen LogP contribution in [0.3, 0.4) is 0 Å². The van der Waals surface area contributed by atoms with Crippen LogP contribution in [-0.4, -0.2) is 53.8 Å². The molecule has 0 saturated carbocycles. The van der Waals surface area contributed by atoms with Crippen LogP contribution in [0.2, 0.25) is 0 Å². The van der Waals surface area contributed by atoms with E-state index in [9.17, 15) is 0 Å². The number of aliphatic imine (C=N–C) groups is 3. The Morgan fingerprint density at radius 2 is 0.645 bits per heavy atom. The Labute approximate surface area is 227 Å². The summed E-state index contributed by atoms with van der Waals surface area (Å²) in [7, 11) is 0. The first-order chi connectivity index (χ1) is 13.4. The molecule has 0 saturated heterocycles. The Bertz CT molecular complexity index is 442. The molecule has 1 radical (unpaired) electrons. The van der Waals surface area contributed by atoms with Gasteiger partial charge in [-0.25, -0.2) is 0 Å². The minimum atomic E-state index is 0. The Morgan fingerprint density at radius 3 is 0.742 bits per heavy atom. The first-order valence-corrected chi connectivity index (χ1v) is 11.1. The van der Waals surface area contributed by atoms with Gasteiger partial charge in [-0.2, -0.15) is 0 Å². The fourth-order valence-corrected chi connectivity index (χ4v) is 2.25. The minimum Gasteiger partial charge on any atom is -0.470 e. The third kappa shape index (κ3) is 40.6. The molecule has 0 amide bonds. The molecule has 0 N–H and O–H groups in total. The van der Waals surface area contributed by atoms with Gasteiger partial charge in [-0.15, -0.1) is 0 Å². The largest absolute Gasteiger partial charge is 3.00 e. The van der Waals surface area contributed by atoms with Gasteiger partial charge in [0, 0.05) is 0 Å². The van der Waals surface area contributed by atoms with Crippen molar-refractivity contribution < 1.29 is 39.9 Å². The van der Waals surface area contributed by atoms with E-state index in [4.69, 9.17) is 0 Å². The van der Waals surface area contributed by atoms with Crippen LogP contribution in [-0.2, 0) is 0 Å². The van der Waals surface area contributed by atoms with Gasteiger partial charge in [0.15, 0.2) is 0 Å². The van der Waals surface area contributed by atoms with Crippen LogP contribution < -0.4 is 0 Å². The number of amidine groups is 3. The second-order valence-corrected chi connectivity index (χ2v) is 9.91. The SMILES string of the molecule is CC[N-]C(C)=NC(C)(C)C.CC[N-]C(C)=NC(C)(C)C.CC[N-]C(C)=NC(C)(C)C.[Gd+3]. The summed E-state index contributed by atoms with van der Waals surface area (Å²) in [6, 6.07) is 0. The Kier molecular flexibility index (Phi) is 23.6. The van der Waals surface area contributed by atoms with Crippen molar-refractivity contribution in [1.29, 1.82) is 0 Å². The summed E-state index contributed by atoms with van der Waals surface area (Å²) in [5.74, 6) is 2.69. The zero-order chi connectivity index (χ0) is 24.6. The van der Waals surface area contributed by atoms with Crippen LogP contribution in [0.15, 0.2) is 15.0 Å². The summed E-state index contributed by atoms with van der Waals surface area (Å²) < 4.78 is 0. The van der Waals surface area contributed by atoms with Gasteiger partial charge in [-0.1, -0.05) is 120 Å². The summed E-state index contributed by atoms with van der Waals surface area (Å²) >= 11 is 0. The predicted molar refractivity (Wildman–Crippen MR) is 140 cm³/mol. The van der Waals surface area contributed by atoms with Crippen LogP contribution in [0, 0.1) is 39.9 Å². The molecule has 0 fully saturated rings. The van der Waals surface area contributed by atoms with Gasteiger partial charge in [0.25, 0.3) is 0 Å². The average molecular weight is 581 g/mol. The molecule has 0 aromatic carbocycles. The fraction of sp³-hybridized carbons (Fsp3) is 0.875. The van der Waals surface area contributed by atoms with Crippen molar-refractivity contribution in [3.05, 3.63) is 16.0 Å². The molecule has 0 spiro atoms.